The molecule has 8 heteroatoms. The number of aromatic nitrogens is 2. The standard InChI is InChI=1S/C10H9FN4O2S/c11-7-2-1-3-8-6(7)4-13-15(8)5-9(16)18-14-10(12)17/h1-4H,5H2,(H3,12,14,17). The lowest BCUT2D eigenvalue weighted by atomic mass is 10.2. The number of hydrogen-bond acceptors (Lipinski definition) is 4. The van der Waals surface area contributed by atoms with E-state index in [-0.39, 0.29) is 11.7 Å². The van der Waals surface area contributed by atoms with Crippen LogP contribution in [0.15, 0.2) is 24.4 Å². The average molecular weight is 268 g/mol. The van der Waals surface area contributed by atoms with Gasteiger partial charge in [0.25, 0.3) is 0 Å². The number of amides is 2. The summed E-state index contributed by atoms with van der Waals surface area (Å²) in [6, 6.07) is 3.71. The molecule has 0 unspecified atom stereocenters. The van der Waals surface area contributed by atoms with Gasteiger partial charge in [-0.25, -0.2) is 9.18 Å². The first kappa shape index (κ1) is 12.4. The number of urea groups is 1. The first-order chi connectivity index (χ1) is 8.58. The van der Waals surface area contributed by atoms with E-state index >= 15 is 0 Å². The maximum Gasteiger partial charge on any atom is 0.322 e. The van der Waals surface area contributed by atoms with Crippen LogP contribution in [0.4, 0.5) is 9.18 Å². The number of carbonyl (C=O) groups is 2. The summed E-state index contributed by atoms with van der Waals surface area (Å²) in [6.07, 6.45) is 1.35. The van der Waals surface area contributed by atoms with Crippen molar-refractivity contribution < 1.29 is 14.0 Å². The summed E-state index contributed by atoms with van der Waals surface area (Å²) in [5.74, 6) is -0.394. The number of halogens is 1. The maximum atomic E-state index is 13.4. The molecule has 6 nitrogen and oxygen atoms in total. The van der Waals surface area contributed by atoms with Gasteiger partial charge in [0, 0.05) is 11.9 Å². The minimum Gasteiger partial charge on any atom is -0.351 e. The Morgan fingerprint density at radius 3 is 3.00 bits per heavy atom. The van der Waals surface area contributed by atoms with Crippen LogP contribution in [-0.4, -0.2) is 20.9 Å². The van der Waals surface area contributed by atoms with E-state index in [2.05, 4.69) is 9.82 Å². The van der Waals surface area contributed by atoms with Crippen molar-refractivity contribution in [3.63, 3.8) is 0 Å². The molecule has 94 valence electrons. The molecule has 0 aliphatic heterocycles. The van der Waals surface area contributed by atoms with Crippen LogP contribution < -0.4 is 10.5 Å². The highest BCUT2D eigenvalue weighted by molar-refractivity contribution is 8.12. The number of fused-ring (bicyclic) bond motifs is 1. The van der Waals surface area contributed by atoms with Crippen LogP contribution in [0, 0.1) is 5.82 Å². The Hall–Kier alpha value is -2.09. The second-order valence-corrected chi connectivity index (χ2v) is 4.28. The van der Waals surface area contributed by atoms with Crippen molar-refractivity contribution in [2.24, 2.45) is 5.73 Å². The van der Waals surface area contributed by atoms with E-state index in [0.717, 1.165) is 0 Å². The molecule has 3 N–H and O–H groups in total. The maximum absolute atomic E-state index is 13.4. The minimum atomic E-state index is -0.801. The molecule has 2 amide bonds. The minimum absolute atomic E-state index is 0.0854. The number of nitrogens with two attached hydrogens (primary N) is 1. The predicted molar refractivity (Wildman–Crippen MR) is 65.0 cm³/mol. The first-order valence-corrected chi connectivity index (χ1v) is 5.74. The highest BCUT2D eigenvalue weighted by Crippen LogP contribution is 2.17. The summed E-state index contributed by atoms with van der Waals surface area (Å²) in [5, 5.41) is 3.91. The molecule has 0 aliphatic rings. The summed E-state index contributed by atoms with van der Waals surface area (Å²) in [7, 11) is 0. The zero-order chi connectivity index (χ0) is 13.1. The number of rotatable bonds is 2. The normalized spacial score (nSPS) is 10.5. The van der Waals surface area contributed by atoms with Crippen LogP contribution in [0.25, 0.3) is 10.9 Å². The Morgan fingerprint density at radius 1 is 1.50 bits per heavy atom. The number of primary amides is 1. The van der Waals surface area contributed by atoms with E-state index < -0.39 is 11.8 Å². The van der Waals surface area contributed by atoms with Crippen molar-refractivity contribution in [2.45, 2.75) is 6.54 Å². The molecule has 1 aromatic carbocycles. The summed E-state index contributed by atoms with van der Waals surface area (Å²) in [4.78, 5) is 21.9. The van der Waals surface area contributed by atoms with Gasteiger partial charge in [0.05, 0.1) is 17.1 Å². The summed E-state index contributed by atoms with van der Waals surface area (Å²) in [5.41, 5.74) is 5.35. The lowest BCUT2D eigenvalue weighted by molar-refractivity contribution is -0.111. The number of nitrogens with one attached hydrogen (secondary N) is 1. The van der Waals surface area contributed by atoms with Gasteiger partial charge in [0.15, 0.2) is 0 Å². The molecule has 1 aromatic heterocycles. The largest absolute Gasteiger partial charge is 0.351 e. The molecule has 0 fully saturated rings. The molecule has 2 aromatic rings. The van der Waals surface area contributed by atoms with Gasteiger partial charge in [-0.1, -0.05) is 6.07 Å². The Morgan fingerprint density at radius 2 is 2.28 bits per heavy atom. The fourth-order valence-corrected chi connectivity index (χ4v) is 1.86. The van der Waals surface area contributed by atoms with E-state index in [1.54, 1.807) is 6.07 Å². The van der Waals surface area contributed by atoms with Crippen molar-refractivity contribution in [1.82, 2.24) is 14.5 Å². The SMILES string of the molecule is NC(=O)NSC(=O)Cn1ncc2c(F)cccc21. The Balaban J connectivity index is 2.15. The van der Waals surface area contributed by atoms with Gasteiger partial charge in [-0.15, -0.1) is 0 Å². The van der Waals surface area contributed by atoms with Gasteiger partial charge in [0.1, 0.15) is 12.4 Å². The molecule has 0 saturated heterocycles. The molecule has 0 radical (unpaired) electrons. The van der Waals surface area contributed by atoms with Crippen molar-refractivity contribution >= 4 is 34.0 Å². The van der Waals surface area contributed by atoms with Crippen molar-refractivity contribution in [3.05, 3.63) is 30.2 Å². The molecule has 0 saturated carbocycles. The monoisotopic (exact) mass is 268 g/mol. The lowest BCUT2D eigenvalue weighted by Gasteiger charge is -2.02. The fraction of sp³-hybridized carbons (Fsp3) is 0.100. The molecule has 1 heterocycles. The average Bonchev–Trinajstić information content (AvgIpc) is 2.72. The third-order valence-corrected chi connectivity index (χ3v) is 2.84. The van der Waals surface area contributed by atoms with Crippen LogP contribution in [0.2, 0.25) is 0 Å². The Kier molecular flexibility index (Phi) is 3.47. The highest BCUT2D eigenvalue weighted by Gasteiger charge is 2.11. The van der Waals surface area contributed by atoms with Crippen LogP contribution in [0.3, 0.4) is 0 Å². The van der Waals surface area contributed by atoms with Gasteiger partial charge < -0.3 is 5.73 Å². The summed E-state index contributed by atoms with van der Waals surface area (Å²) >= 11 is 0.577. The molecule has 2 rings (SSSR count). The molecule has 0 aliphatic carbocycles. The first-order valence-electron chi connectivity index (χ1n) is 4.93. The van der Waals surface area contributed by atoms with E-state index in [4.69, 9.17) is 5.73 Å². The van der Waals surface area contributed by atoms with Crippen LogP contribution in [0.5, 0.6) is 0 Å². The van der Waals surface area contributed by atoms with Gasteiger partial charge in [-0.3, -0.25) is 14.2 Å². The van der Waals surface area contributed by atoms with Gasteiger partial charge in [-0.2, -0.15) is 5.10 Å². The van der Waals surface area contributed by atoms with Gasteiger partial charge >= 0.3 is 6.03 Å². The molecular formula is C10H9FN4O2S. The zero-order valence-corrected chi connectivity index (χ0v) is 9.91. The van der Waals surface area contributed by atoms with E-state index in [1.807, 2.05) is 0 Å². The lowest BCUT2D eigenvalue weighted by Crippen LogP contribution is -2.25. The summed E-state index contributed by atoms with van der Waals surface area (Å²) < 4.78 is 16.8. The van der Waals surface area contributed by atoms with E-state index in [0.29, 0.717) is 22.9 Å². The van der Waals surface area contributed by atoms with Crippen LogP contribution in [-0.2, 0) is 11.3 Å². The summed E-state index contributed by atoms with van der Waals surface area (Å²) in [6.45, 7) is -0.0854. The third kappa shape index (κ3) is 2.59. The topological polar surface area (TPSA) is 90.0 Å². The smallest absolute Gasteiger partial charge is 0.322 e. The molecular weight excluding hydrogens is 259 g/mol. The third-order valence-electron chi connectivity index (χ3n) is 2.18. The van der Waals surface area contributed by atoms with Crippen LogP contribution >= 0.6 is 11.9 Å². The number of carbonyl (C=O) groups excluding carboxylic acids is 2. The second-order valence-electron chi connectivity index (χ2n) is 3.42. The second kappa shape index (κ2) is 5.05. The van der Waals surface area contributed by atoms with Gasteiger partial charge in [0.2, 0.25) is 5.12 Å². The van der Waals surface area contributed by atoms with Crippen molar-refractivity contribution in [1.29, 1.82) is 0 Å². The number of hydrogen-bond donors (Lipinski definition) is 2. The Labute approximate surface area is 105 Å². The number of nitrogens with zero attached hydrogens (tertiary/aromatic N) is 2. The molecule has 0 bridgehead atoms. The van der Waals surface area contributed by atoms with Gasteiger partial charge in [-0.05, 0) is 12.1 Å². The van der Waals surface area contributed by atoms with Crippen LogP contribution in [0.1, 0.15) is 0 Å². The quantitative estimate of drug-likeness (QED) is 0.796. The van der Waals surface area contributed by atoms with E-state index in [9.17, 15) is 14.0 Å². The zero-order valence-electron chi connectivity index (χ0n) is 9.09. The Bertz CT molecular complexity index is 613. The predicted octanol–water partition coefficient (Wildman–Crippen LogP) is 1.02. The fourth-order valence-electron chi connectivity index (χ4n) is 1.46. The molecule has 18 heavy (non-hydrogen) atoms. The van der Waals surface area contributed by atoms with Crippen molar-refractivity contribution in [2.75, 3.05) is 0 Å². The van der Waals surface area contributed by atoms with Crippen molar-refractivity contribution in [3.8, 4) is 0 Å². The number of benzene rings is 1. The molecule has 0 spiro atoms. The van der Waals surface area contributed by atoms with E-state index in [1.165, 1.54) is 23.0 Å². The highest BCUT2D eigenvalue weighted by atomic mass is 32.2. The molecule has 0 atom stereocenters.